The van der Waals surface area contributed by atoms with Crippen molar-refractivity contribution in [1.29, 1.82) is 0 Å². The molecule has 2 aromatic carbocycles. The second-order valence-corrected chi connectivity index (χ2v) is 6.13. The largest absolute Gasteiger partial charge is 0.310 e. The molecule has 1 N–H and O–H groups in total. The third kappa shape index (κ3) is 4.47. The van der Waals surface area contributed by atoms with E-state index in [-0.39, 0.29) is 6.04 Å². The molecule has 1 atom stereocenters. The van der Waals surface area contributed by atoms with Crippen LogP contribution in [0.2, 0.25) is 10.0 Å². The number of hydrogen-bond donors (Lipinski definition) is 1. The molecule has 0 saturated heterocycles. The second-order valence-electron chi connectivity index (χ2n) is 5.32. The molecule has 0 heterocycles. The second kappa shape index (κ2) is 7.84. The zero-order valence-corrected chi connectivity index (χ0v) is 14.0. The Bertz CT molecular complexity index is 578. The summed E-state index contributed by atoms with van der Waals surface area (Å²) in [4.78, 5) is 0. The van der Waals surface area contributed by atoms with Crippen molar-refractivity contribution in [3.8, 4) is 0 Å². The zero-order valence-electron chi connectivity index (χ0n) is 12.5. The third-order valence-corrected chi connectivity index (χ3v) is 4.36. The van der Waals surface area contributed by atoms with Crippen LogP contribution in [0.3, 0.4) is 0 Å². The van der Waals surface area contributed by atoms with Gasteiger partial charge in [-0.05, 0) is 55.1 Å². The Kier molecular flexibility index (Phi) is 6.10. The van der Waals surface area contributed by atoms with E-state index in [4.69, 9.17) is 23.2 Å². The van der Waals surface area contributed by atoms with Crippen molar-refractivity contribution in [2.45, 2.75) is 32.7 Å². The molecule has 0 aliphatic carbocycles. The Balaban J connectivity index is 2.25. The minimum atomic E-state index is 0.221. The molecule has 1 nitrogen and oxygen atoms in total. The molecule has 0 aliphatic rings. The highest BCUT2D eigenvalue weighted by Gasteiger charge is 2.15. The monoisotopic (exact) mass is 321 g/mol. The summed E-state index contributed by atoms with van der Waals surface area (Å²) in [7, 11) is 0. The molecule has 0 aliphatic heterocycles. The Morgan fingerprint density at radius 2 is 1.76 bits per heavy atom. The smallest absolute Gasteiger partial charge is 0.0483 e. The fourth-order valence-corrected chi connectivity index (χ4v) is 2.79. The van der Waals surface area contributed by atoms with Gasteiger partial charge in [0.05, 0.1) is 0 Å². The van der Waals surface area contributed by atoms with Crippen molar-refractivity contribution in [1.82, 2.24) is 5.32 Å². The van der Waals surface area contributed by atoms with Crippen molar-refractivity contribution >= 4 is 23.2 Å². The lowest BCUT2D eigenvalue weighted by atomic mass is 9.97. The first-order valence-corrected chi connectivity index (χ1v) is 8.10. The molecule has 0 bridgehead atoms. The highest BCUT2D eigenvalue weighted by atomic mass is 35.5. The highest BCUT2D eigenvalue weighted by Crippen LogP contribution is 2.28. The molecule has 2 rings (SSSR count). The van der Waals surface area contributed by atoms with Crippen LogP contribution in [0.5, 0.6) is 0 Å². The van der Waals surface area contributed by atoms with Gasteiger partial charge in [0.25, 0.3) is 0 Å². The van der Waals surface area contributed by atoms with Crippen LogP contribution in [0.15, 0.2) is 42.5 Å². The van der Waals surface area contributed by atoms with Crippen LogP contribution in [-0.4, -0.2) is 6.54 Å². The van der Waals surface area contributed by atoms with E-state index >= 15 is 0 Å². The van der Waals surface area contributed by atoms with Gasteiger partial charge in [-0.3, -0.25) is 0 Å². The zero-order chi connectivity index (χ0) is 15.2. The lowest BCUT2D eigenvalue weighted by molar-refractivity contribution is 0.529. The first kappa shape index (κ1) is 16.4. The van der Waals surface area contributed by atoms with Gasteiger partial charge in [0, 0.05) is 16.1 Å². The van der Waals surface area contributed by atoms with Gasteiger partial charge in [-0.15, -0.1) is 0 Å². The molecule has 1 unspecified atom stereocenters. The van der Waals surface area contributed by atoms with E-state index in [1.165, 1.54) is 11.1 Å². The Morgan fingerprint density at radius 3 is 2.43 bits per heavy atom. The maximum Gasteiger partial charge on any atom is 0.0483 e. The Hall–Kier alpha value is -1.02. The van der Waals surface area contributed by atoms with E-state index in [2.05, 4.69) is 36.5 Å². The fraction of sp³-hybridized carbons (Fsp3) is 0.333. The maximum absolute atomic E-state index is 6.50. The summed E-state index contributed by atoms with van der Waals surface area (Å²) in [5.74, 6) is 0. The minimum absolute atomic E-state index is 0.221. The lowest BCUT2D eigenvalue weighted by Crippen LogP contribution is -2.24. The van der Waals surface area contributed by atoms with E-state index in [1.807, 2.05) is 25.1 Å². The van der Waals surface area contributed by atoms with Gasteiger partial charge < -0.3 is 5.32 Å². The van der Waals surface area contributed by atoms with Crippen LogP contribution in [0.4, 0.5) is 0 Å². The molecule has 0 spiro atoms. The van der Waals surface area contributed by atoms with Crippen LogP contribution in [0, 0.1) is 6.92 Å². The van der Waals surface area contributed by atoms with Gasteiger partial charge >= 0.3 is 0 Å². The predicted octanol–water partition coefficient (Wildman–Crippen LogP) is 5.59. The molecule has 0 amide bonds. The molecule has 0 saturated carbocycles. The lowest BCUT2D eigenvalue weighted by Gasteiger charge is -2.21. The van der Waals surface area contributed by atoms with Crippen LogP contribution >= 0.6 is 23.2 Å². The van der Waals surface area contributed by atoms with E-state index in [0.717, 1.165) is 35.0 Å². The molecular weight excluding hydrogens is 301 g/mol. The van der Waals surface area contributed by atoms with Crippen LogP contribution in [0.1, 0.15) is 36.1 Å². The molecule has 2 aromatic rings. The summed E-state index contributed by atoms with van der Waals surface area (Å²) >= 11 is 12.5. The molecule has 3 heteroatoms. The summed E-state index contributed by atoms with van der Waals surface area (Å²) in [6, 6.07) is 14.5. The van der Waals surface area contributed by atoms with E-state index in [1.54, 1.807) is 0 Å². The number of rotatable bonds is 6. The van der Waals surface area contributed by atoms with Crippen molar-refractivity contribution in [3.63, 3.8) is 0 Å². The quantitative estimate of drug-likeness (QED) is 0.731. The van der Waals surface area contributed by atoms with Crippen LogP contribution in [-0.2, 0) is 6.42 Å². The highest BCUT2D eigenvalue weighted by molar-refractivity contribution is 6.32. The maximum atomic E-state index is 6.50. The van der Waals surface area contributed by atoms with Gasteiger partial charge in [0.15, 0.2) is 0 Å². The van der Waals surface area contributed by atoms with Crippen LogP contribution in [0.25, 0.3) is 0 Å². The number of benzene rings is 2. The average Bonchev–Trinajstić information content (AvgIpc) is 2.48. The summed E-state index contributed by atoms with van der Waals surface area (Å²) in [6.07, 6.45) is 2.00. The summed E-state index contributed by atoms with van der Waals surface area (Å²) in [5, 5.41) is 5.23. The van der Waals surface area contributed by atoms with Gasteiger partial charge in [0.1, 0.15) is 0 Å². The van der Waals surface area contributed by atoms with Crippen molar-refractivity contribution in [3.05, 3.63) is 69.2 Å². The SMILES string of the molecule is CCCNC(Cc1ccc(Cl)cc1)c1cccc(C)c1Cl. The first-order valence-electron chi connectivity index (χ1n) is 7.34. The predicted molar refractivity (Wildman–Crippen MR) is 92.4 cm³/mol. The summed E-state index contributed by atoms with van der Waals surface area (Å²) in [6.45, 7) is 5.19. The normalized spacial score (nSPS) is 12.4. The number of hydrogen-bond acceptors (Lipinski definition) is 1. The fourth-order valence-electron chi connectivity index (χ4n) is 2.41. The molecular formula is C18H21Cl2N. The molecule has 0 radical (unpaired) electrons. The standard InChI is InChI=1S/C18H21Cl2N/c1-3-11-21-17(12-14-7-9-15(19)10-8-14)16-6-4-5-13(2)18(16)20/h4-10,17,21H,3,11-12H2,1-2H3. The third-order valence-electron chi connectivity index (χ3n) is 3.59. The average molecular weight is 322 g/mol. The first-order chi connectivity index (χ1) is 10.1. The van der Waals surface area contributed by atoms with Gasteiger partial charge in [-0.2, -0.15) is 0 Å². The molecule has 112 valence electrons. The van der Waals surface area contributed by atoms with Crippen LogP contribution < -0.4 is 5.32 Å². The Morgan fingerprint density at radius 1 is 1.05 bits per heavy atom. The van der Waals surface area contributed by atoms with E-state index in [0.29, 0.717) is 0 Å². The Labute approximate surface area is 137 Å². The summed E-state index contributed by atoms with van der Waals surface area (Å²) in [5.41, 5.74) is 3.54. The van der Waals surface area contributed by atoms with E-state index in [9.17, 15) is 0 Å². The summed E-state index contributed by atoms with van der Waals surface area (Å²) < 4.78 is 0. The van der Waals surface area contributed by atoms with Gasteiger partial charge in [-0.1, -0.05) is 60.5 Å². The van der Waals surface area contributed by atoms with E-state index < -0.39 is 0 Å². The molecule has 21 heavy (non-hydrogen) atoms. The van der Waals surface area contributed by atoms with Crippen molar-refractivity contribution in [2.75, 3.05) is 6.54 Å². The number of halogens is 2. The van der Waals surface area contributed by atoms with Crippen molar-refractivity contribution in [2.24, 2.45) is 0 Å². The number of aryl methyl sites for hydroxylation is 1. The molecule has 0 aromatic heterocycles. The topological polar surface area (TPSA) is 12.0 Å². The van der Waals surface area contributed by atoms with Gasteiger partial charge in [-0.25, -0.2) is 0 Å². The van der Waals surface area contributed by atoms with Crippen molar-refractivity contribution < 1.29 is 0 Å². The number of nitrogens with one attached hydrogen (secondary N) is 1. The minimum Gasteiger partial charge on any atom is -0.310 e. The van der Waals surface area contributed by atoms with Gasteiger partial charge in [0.2, 0.25) is 0 Å². The molecule has 0 fully saturated rings.